The number of benzene rings is 3. The number of nitrogens with zero attached hydrogens (tertiary/aromatic N) is 2. The fourth-order valence-corrected chi connectivity index (χ4v) is 3.88. The van der Waals surface area contributed by atoms with E-state index >= 15 is 0 Å². The number of rotatable bonds is 6. The minimum atomic E-state index is -4.39. The second-order valence-electron chi connectivity index (χ2n) is 5.79. The van der Waals surface area contributed by atoms with E-state index in [1.807, 2.05) is 0 Å². The summed E-state index contributed by atoms with van der Waals surface area (Å²) in [5.41, 5.74) is 0.280. The summed E-state index contributed by atoms with van der Waals surface area (Å²) in [6, 6.07) is 11.8. The van der Waals surface area contributed by atoms with Gasteiger partial charge in [0.05, 0.1) is 21.2 Å². The van der Waals surface area contributed by atoms with Crippen molar-refractivity contribution in [3.05, 3.63) is 67.4 Å². The molecule has 3 aromatic rings. The van der Waals surface area contributed by atoms with E-state index in [0.717, 1.165) is 12.3 Å². The summed E-state index contributed by atoms with van der Waals surface area (Å²) in [4.78, 5) is -0.305. The molecule has 2 N–H and O–H groups in total. The van der Waals surface area contributed by atoms with Gasteiger partial charge in [0.1, 0.15) is 0 Å². The molecule has 3 aromatic carbocycles. The molecule has 0 saturated carbocycles. The van der Waals surface area contributed by atoms with Crippen LogP contribution in [0.2, 0.25) is 0 Å². The standard InChI is InChI=1S/C18H15N3O6S2.Na/c1-2-19-28(23,24)14-6-4-13(5-7-14)20-21-18-16-9-8-15(29(25,26)27)11-12(16)3-10-17(18)22;/h2-11,19,22H,1H2,(H,25,26,27);/q;+1/p-1. The third kappa shape index (κ3) is 5.25. The molecule has 9 nitrogen and oxygen atoms in total. The first-order valence-electron chi connectivity index (χ1n) is 7.98. The second-order valence-corrected chi connectivity index (χ2v) is 8.93. The van der Waals surface area contributed by atoms with Crippen LogP contribution in [-0.4, -0.2) is 21.4 Å². The van der Waals surface area contributed by atoms with Gasteiger partial charge < -0.3 is 5.11 Å². The van der Waals surface area contributed by atoms with Crippen LogP contribution in [0.4, 0.5) is 11.4 Å². The number of azo groups is 1. The third-order valence-corrected chi connectivity index (χ3v) is 6.09. The van der Waals surface area contributed by atoms with Gasteiger partial charge in [-0.2, -0.15) is 18.6 Å². The van der Waals surface area contributed by atoms with Crippen molar-refractivity contribution in [2.75, 3.05) is 0 Å². The number of sulfonamides is 1. The smallest absolute Gasteiger partial charge is 0.871 e. The van der Waals surface area contributed by atoms with E-state index in [1.54, 1.807) is 0 Å². The monoisotopic (exact) mass is 455 g/mol. The van der Waals surface area contributed by atoms with Crippen LogP contribution < -0.4 is 39.4 Å². The molecule has 0 aliphatic carbocycles. The van der Waals surface area contributed by atoms with Gasteiger partial charge in [-0.15, -0.1) is 0 Å². The van der Waals surface area contributed by atoms with Gasteiger partial charge in [-0.3, -0.25) is 9.27 Å². The average molecular weight is 455 g/mol. The van der Waals surface area contributed by atoms with E-state index in [-0.39, 0.29) is 45.0 Å². The molecule has 12 heteroatoms. The largest absolute Gasteiger partial charge is 1.00 e. The maximum atomic E-state index is 12.2. The number of hydrogen-bond donors (Lipinski definition) is 2. The quantitative estimate of drug-likeness (QED) is 0.304. The minimum Gasteiger partial charge on any atom is -0.871 e. The molecule has 0 fully saturated rings. The van der Waals surface area contributed by atoms with Crippen molar-refractivity contribution in [3.8, 4) is 5.75 Å². The van der Waals surface area contributed by atoms with Gasteiger partial charge in [0.15, 0.2) is 0 Å². The maximum Gasteiger partial charge on any atom is 1.00 e. The second kappa shape index (κ2) is 9.25. The zero-order valence-electron chi connectivity index (χ0n) is 15.7. The Morgan fingerprint density at radius 1 is 0.933 bits per heavy atom. The Hall–Kier alpha value is -2.28. The van der Waals surface area contributed by atoms with Crippen molar-refractivity contribution < 1.29 is 56.1 Å². The molecule has 0 spiro atoms. The molecule has 3 rings (SSSR count). The number of nitrogens with one attached hydrogen (secondary N) is 1. The van der Waals surface area contributed by atoms with Crippen LogP contribution in [0.15, 0.2) is 87.4 Å². The van der Waals surface area contributed by atoms with Crippen LogP contribution in [0, 0.1) is 0 Å². The summed E-state index contributed by atoms with van der Waals surface area (Å²) in [7, 11) is -8.09. The minimum absolute atomic E-state index is 0. The zero-order valence-corrected chi connectivity index (χ0v) is 19.3. The Balaban J connectivity index is 0.00000320. The van der Waals surface area contributed by atoms with E-state index in [4.69, 9.17) is 4.55 Å². The Morgan fingerprint density at radius 3 is 2.17 bits per heavy atom. The van der Waals surface area contributed by atoms with Crippen molar-refractivity contribution in [1.29, 1.82) is 0 Å². The first-order valence-corrected chi connectivity index (χ1v) is 10.9. The summed E-state index contributed by atoms with van der Waals surface area (Å²) in [5, 5.41) is 20.8. The average Bonchev–Trinajstić information content (AvgIpc) is 2.66. The summed E-state index contributed by atoms with van der Waals surface area (Å²) in [5.74, 6) is -0.435. The fraction of sp³-hybridized carbons (Fsp3) is 0. The fourth-order valence-electron chi connectivity index (χ4n) is 2.51. The molecule has 0 amide bonds. The van der Waals surface area contributed by atoms with E-state index in [1.165, 1.54) is 48.5 Å². The molecule has 30 heavy (non-hydrogen) atoms. The van der Waals surface area contributed by atoms with Crippen LogP contribution in [0.1, 0.15) is 0 Å². The van der Waals surface area contributed by atoms with E-state index in [2.05, 4.69) is 21.5 Å². The Kier molecular flexibility index (Phi) is 7.40. The SMILES string of the molecule is C=CNS(=O)(=O)c1ccc(N=Nc2c([O-])ccc3cc(S(=O)(=O)O)ccc23)cc1.[Na+]. The molecule has 0 unspecified atom stereocenters. The molecular formula is C18H14N3NaO6S2. The Labute approximate surface area is 195 Å². The molecule has 0 aliphatic rings. The Morgan fingerprint density at radius 2 is 1.57 bits per heavy atom. The number of hydrogen-bond acceptors (Lipinski definition) is 7. The molecule has 0 heterocycles. The van der Waals surface area contributed by atoms with Crippen molar-refractivity contribution in [2.45, 2.75) is 9.79 Å². The first-order chi connectivity index (χ1) is 13.6. The van der Waals surface area contributed by atoms with Gasteiger partial charge in [0, 0.05) is 11.6 Å². The maximum absolute atomic E-state index is 12.2. The molecule has 0 aromatic heterocycles. The van der Waals surface area contributed by atoms with Crippen molar-refractivity contribution in [2.24, 2.45) is 10.2 Å². The summed E-state index contributed by atoms with van der Waals surface area (Å²) < 4.78 is 57.6. The molecule has 0 aliphatic heterocycles. The van der Waals surface area contributed by atoms with Gasteiger partial charge in [0.2, 0.25) is 0 Å². The van der Waals surface area contributed by atoms with Gasteiger partial charge in [-0.1, -0.05) is 30.5 Å². The molecule has 150 valence electrons. The van der Waals surface area contributed by atoms with Crippen LogP contribution in [0.3, 0.4) is 0 Å². The van der Waals surface area contributed by atoms with Gasteiger partial charge in [0.25, 0.3) is 20.1 Å². The van der Waals surface area contributed by atoms with Crippen molar-refractivity contribution in [1.82, 2.24) is 4.72 Å². The summed E-state index contributed by atoms with van der Waals surface area (Å²) >= 11 is 0. The molecule has 0 saturated heterocycles. The van der Waals surface area contributed by atoms with Crippen LogP contribution >= 0.6 is 0 Å². The van der Waals surface area contributed by atoms with Gasteiger partial charge >= 0.3 is 29.6 Å². The van der Waals surface area contributed by atoms with Crippen LogP contribution in [0.5, 0.6) is 5.75 Å². The first kappa shape index (κ1) is 24.0. The van der Waals surface area contributed by atoms with E-state index in [0.29, 0.717) is 16.5 Å². The van der Waals surface area contributed by atoms with Crippen molar-refractivity contribution >= 4 is 42.3 Å². The summed E-state index contributed by atoms with van der Waals surface area (Å²) in [6.45, 7) is 3.30. The Bertz CT molecular complexity index is 1340. The third-order valence-electron chi connectivity index (χ3n) is 3.87. The molecule has 0 atom stereocenters. The molecule has 0 radical (unpaired) electrons. The molecule has 0 bridgehead atoms. The predicted molar refractivity (Wildman–Crippen MR) is 104 cm³/mol. The normalized spacial score (nSPS) is 11.9. The van der Waals surface area contributed by atoms with Crippen LogP contribution in [0.25, 0.3) is 10.8 Å². The predicted octanol–water partition coefficient (Wildman–Crippen LogP) is 0.00130. The van der Waals surface area contributed by atoms with E-state index < -0.39 is 25.9 Å². The van der Waals surface area contributed by atoms with E-state index in [9.17, 15) is 21.9 Å². The van der Waals surface area contributed by atoms with Crippen LogP contribution in [-0.2, 0) is 20.1 Å². The van der Waals surface area contributed by atoms with Crippen molar-refractivity contribution in [3.63, 3.8) is 0 Å². The van der Waals surface area contributed by atoms with Gasteiger partial charge in [-0.05, 0) is 41.8 Å². The van der Waals surface area contributed by atoms with Gasteiger partial charge in [-0.25, -0.2) is 8.42 Å². The summed E-state index contributed by atoms with van der Waals surface area (Å²) in [6.07, 6.45) is 1.05. The number of fused-ring (bicyclic) bond motifs is 1. The topological polar surface area (TPSA) is 148 Å². The molecular weight excluding hydrogens is 441 g/mol. The zero-order chi connectivity index (χ0) is 21.2.